The van der Waals surface area contributed by atoms with Crippen LogP contribution >= 0.6 is 0 Å². The minimum atomic E-state index is -4.42. The first-order valence-electron chi connectivity index (χ1n) is 6.68. The molecule has 0 aromatic carbocycles. The van der Waals surface area contributed by atoms with Crippen molar-refractivity contribution in [1.82, 2.24) is 14.8 Å². The predicted octanol–water partition coefficient (Wildman–Crippen LogP) is 2.42. The second-order valence-corrected chi connectivity index (χ2v) is 6.25. The largest absolute Gasteiger partial charge is 0.433 e. The Morgan fingerprint density at radius 1 is 1.14 bits per heavy atom. The van der Waals surface area contributed by atoms with Gasteiger partial charge in [0.15, 0.2) is 0 Å². The molecule has 0 radical (unpaired) electrons. The van der Waals surface area contributed by atoms with E-state index in [1.807, 2.05) is 6.20 Å². The summed E-state index contributed by atoms with van der Waals surface area (Å²) in [7, 11) is 0. The number of halogens is 3. The van der Waals surface area contributed by atoms with Crippen molar-refractivity contribution in [2.45, 2.75) is 36.4 Å². The van der Waals surface area contributed by atoms with Gasteiger partial charge in [-0.2, -0.15) is 18.3 Å². The maximum atomic E-state index is 12.5. The molecular formula is C14H13F3N4. The Bertz CT molecular complexity index is 682. The van der Waals surface area contributed by atoms with Gasteiger partial charge in [-0.3, -0.25) is 0 Å². The molecule has 0 spiro atoms. The summed E-state index contributed by atoms with van der Waals surface area (Å²) < 4.78 is 39.0. The van der Waals surface area contributed by atoms with Crippen LogP contribution < -0.4 is 5.73 Å². The summed E-state index contributed by atoms with van der Waals surface area (Å²) in [5, 5.41) is 4.23. The van der Waals surface area contributed by atoms with Gasteiger partial charge in [-0.1, -0.05) is 0 Å². The fourth-order valence-electron chi connectivity index (χ4n) is 3.60. The van der Waals surface area contributed by atoms with Gasteiger partial charge in [0.05, 0.1) is 18.1 Å². The number of nitrogens with two attached hydrogens (primary N) is 1. The Labute approximate surface area is 118 Å². The van der Waals surface area contributed by atoms with Crippen molar-refractivity contribution in [2.24, 2.45) is 5.73 Å². The van der Waals surface area contributed by atoms with Crippen molar-refractivity contribution < 1.29 is 13.2 Å². The van der Waals surface area contributed by atoms with Gasteiger partial charge < -0.3 is 5.73 Å². The molecule has 0 unspecified atom stereocenters. The van der Waals surface area contributed by atoms with Gasteiger partial charge in [0.1, 0.15) is 5.69 Å². The minimum absolute atomic E-state index is 0.0119. The van der Waals surface area contributed by atoms with Crippen LogP contribution in [0.3, 0.4) is 0 Å². The highest BCUT2D eigenvalue weighted by Gasteiger charge is 2.66. The molecule has 0 saturated heterocycles. The molecule has 3 aliphatic rings. The SMILES string of the molecule is NC12CC(c3cnn(-c4ccc(C(F)(F)F)nc4)c3)(C1)C2. The van der Waals surface area contributed by atoms with Gasteiger partial charge in [0.2, 0.25) is 0 Å². The van der Waals surface area contributed by atoms with Gasteiger partial charge in [-0.15, -0.1) is 0 Å². The zero-order valence-electron chi connectivity index (χ0n) is 11.1. The highest BCUT2D eigenvalue weighted by molar-refractivity contribution is 5.41. The third kappa shape index (κ3) is 1.80. The molecule has 5 rings (SSSR count). The van der Waals surface area contributed by atoms with Crippen LogP contribution in [0.2, 0.25) is 0 Å². The summed E-state index contributed by atoms with van der Waals surface area (Å²) in [6.45, 7) is 0. The molecular weight excluding hydrogens is 281 g/mol. The minimum Gasteiger partial charge on any atom is -0.325 e. The molecule has 2 aromatic heterocycles. The van der Waals surface area contributed by atoms with Crippen molar-refractivity contribution in [3.05, 3.63) is 42.0 Å². The number of nitrogens with zero attached hydrogens (tertiary/aromatic N) is 3. The maximum Gasteiger partial charge on any atom is 0.433 e. The molecule has 0 atom stereocenters. The second-order valence-electron chi connectivity index (χ2n) is 6.25. The molecule has 4 nitrogen and oxygen atoms in total. The normalized spacial score (nSPS) is 30.7. The van der Waals surface area contributed by atoms with Crippen LogP contribution in [0.4, 0.5) is 13.2 Å². The van der Waals surface area contributed by atoms with Crippen molar-refractivity contribution in [3.63, 3.8) is 0 Å². The Kier molecular flexibility index (Phi) is 2.23. The smallest absolute Gasteiger partial charge is 0.325 e. The monoisotopic (exact) mass is 294 g/mol. The first-order chi connectivity index (χ1) is 9.80. The number of pyridine rings is 1. The predicted molar refractivity (Wildman–Crippen MR) is 68.8 cm³/mol. The lowest BCUT2D eigenvalue weighted by molar-refractivity contribution is -0.141. The molecule has 2 N–H and O–H groups in total. The number of alkyl halides is 3. The zero-order valence-corrected chi connectivity index (χ0v) is 11.1. The lowest BCUT2D eigenvalue weighted by atomic mass is 9.38. The Balaban J connectivity index is 1.59. The van der Waals surface area contributed by atoms with E-state index in [1.54, 1.807) is 10.9 Å². The van der Waals surface area contributed by atoms with Crippen molar-refractivity contribution in [3.8, 4) is 5.69 Å². The summed E-state index contributed by atoms with van der Waals surface area (Å²) in [5.74, 6) is 0. The summed E-state index contributed by atoms with van der Waals surface area (Å²) in [6.07, 6.45) is 3.31. The van der Waals surface area contributed by atoms with E-state index in [0.717, 1.165) is 30.9 Å². The van der Waals surface area contributed by atoms with E-state index < -0.39 is 11.9 Å². The average molecular weight is 294 g/mol. The van der Waals surface area contributed by atoms with Gasteiger partial charge in [0.25, 0.3) is 0 Å². The molecule has 3 aliphatic carbocycles. The number of aromatic nitrogens is 3. The van der Waals surface area contributed by atoms with Gasteiger partial charge in [-0.05, 0) is 37.0 Å². The highest BCUT2D eigenvalue weighted by atomic mass is 19.4. The third-order valence-corrected chi connectivity index (χ3v) is 4.57. The van der Waals surface area contributed by atoms with E-state index >= 15 is 0 Å². The van der Waals surface area contributed by atoms with Crippen molar-refractivity contribution >= 4 is 0 Å². The Hall–Kier alpha value is -1.89. The number of hydrogen-bond donors (Lipinski definition) is 1. The quantitative estimate of drug-likeness (QED) is 0.925. The van der Waals surface area contributed by atoms with E-state index in [4.69, 9.17) is 5.73 Å². The highest BCUT2D eigenvalue weighted by Crippen LogP contribution is 2.66. The third-order valence-electron chi connectivity index (χ3n) is 4.57. The molecule has 2 bridgehead atoms. The fraction of sp³-hybridized carbons (Fsp3) is 0.429. The molecule has 3 fully saturated rings. The second kappa shape index (κ2) is 3.65. The number of rotatable bonds is 2. The first kappa shape index (κ1) is 12.8. The van der Waals surface area contributed by atoms with E-state index in [-0.39, 0.29) is 11.0 Å². The maximum absolute atomic E-state index is 12.5. The van der Waals surface area contributed by atoms with Crippen LogP contribution in [0.25, 0.3) is 5.69 Å². The molecule has 110 valence electrons. The summed E-state index contributed by atoms with van der Waals surface area (Å²) in [6, 6.07) is 2.34. The molecule has 2 heterocycles. The summed E-state index contributed by atoms with van der Waals surface area (Å²) in [5.41, 5.74) is 6.92. The first-order valence-corrected chi connectivity index (χ1v) is 6.68. The zero-order chi connectivity index (χ0) is 14.9. The molecule has 21 heavy (non-hydrogen) atoms. The topological polar surface area (TPSA) is 56.7 Å². The van der Waals surface area contributed by atoms with Gasteiger partial charge in [-0.25, -0.2) is 9.67 Å². The van der Waals surface area contributed by atoms with Crippen LogP contribution in [-0.2, 0) is 11.6 Å². The van der Waals surface area contributed by atoms with E-state index in [1.165, 1.54) is 12.3 Å². The van der Waals surface area contributed by atoms with Crippen molar-refractivity contribution in [1.29, 1.82) is 0 Å². The molecule has 3 saturated carbocycles. The fourth-order valence-corrected chi connectivity index (χ4v) is 3.60. The van der Waals surface area contributed by atoms with Crippen molar-refractivity contribution in [2.75, 3.05) is 0 Å². The summed E-state index contributed by atoms with van der Waals surface area (Å²) in [4.78, 5) is 3.45. The van der Waals surface area contributed by atoms with E-state index in [0.29, 0.717) is 5.69 Å². The van der Waals surface area contributed by atoms with Crippen LogP contribution in [0.1, 0.15) is 30.5 Å². The van der Waals surface area contributed by atoms with Crippen LogP contribution in [0.5, 0.6) is 0 Å². The van der Waals surface area contributed by atoms with Gasteiger partial charge >= 0.3 is 6.18 Å². The van der Waals surface area contributed by atoms with Crippen LogP contribution in [-0.4, -0.2) is 20.3 Å². The average Bonchev–Trinajstić information content (AvgIpc) is 2.82. The van der Waals surface area contributed by atoms with E-state index in [9.17, 15) is 13.2 Å². The van der Waals surface area contributed by atoms with Crippen LogP contribution in [0.15, 0.2) is 30.7 Å². The van der Waals surface area contributed by atoms with Gasteiger partial charge in [0, 0.05) is 17.2 Å². The molecule has 2 aromatic rings. The summed E-state index contributed by atoms with van der Waals surface area (Å²) >= 11 is 0. The lowest BCUT2D eigenvalue weighted by Gasteiger charge is -2.69. The standard InChI is InChI=1S/C14H13F3N4/c15-14(16,17)11-2-1-10(4-19-11)21-5-9(3-20-21)12-6-13(18,7-12)8-12/h1-5H,6-8,18H2. The Morgan fingerprint density at radius 3 is 2.38 bits per heavy atom. The number of hydrogen-bond acceptors (Lipinski definition) is 3. The molecule has 0 aliphatic heterocycles. The Morgan fingerprint density at radius 2 is 1.86 bits per heavy atom. The van der Waals surface area contributed by atoms with Crippen LogP contribution in [0, 0.1) is 0 Å². The molecule has 7 heteroatoms. The van der Waals surface area contributed by atoms with E-state index in [2.05, 4.69) is 10.1 Å². The lowest BCUT2D eigenvalue weighted by Crippen LogP contribution is -2.74. The molecule has 0 amide bonds.